The maximum absolute atomic E-state index is 14.2. The van der Waals surface area contributed by atoms with E-state index in [1.165, 1.54) is 12.1 Å². The van der Waals surface area contributed by atoms with Crippen molar-refractivity contribution in [2.45, 2.75) is 0 Å². The van der Waals surface area contributed by atoms with Crippen LogP contribution in [0.25, 0.3) is 22.0 Å². The van der Waals surface area contributed by atoms with Crippen LogP contribution >= 0.6 is 11.6 Å². The summed E-state index contributed by atoms with van der Waals surface area (Å²) in [6.07, 6.45) is 1.77. The van der Waals surface area contributed by atoms with Gasteiger partial charge in [0, 0.05) is 35.3 Å². The topological polar surface area (TPSA) is 42.2 Å². The van der Waals surface area contributed by atoms with E-state index < -0.39 is 11.8 Å². The lowest BCUT2D eigenvalue weighted by Crippen LogP contribution is -1.96. The summed E-state index contributed by atoms with van der Waals surface area (Å²) in [4.78, 5) is 11.0. The molecule has 0 fully saturated rings. The summed E-state index contributed by atoms with van der Waals surface area (Å²) in [5.41, 5.74) is 2.01. The van der Waals surface area contributed by atoms with Gasteiger partial charge in [0.15, 0.2) is 0 Å². The van der Waals surface area contributed by atoms with Crippen LogP contribution in [0.15, 0.2) is 42.6 Å². The predicted octanol–water partition coefficient (Wildman–Crippen LogP) is 4.34. The van der Waals surface area contributed by atoms with E-state index in [9.17, 15) is 9.18 Å². The first-order chi connectivity index (χ1) is 9.99. The number of carboxylic acid groups (broad SMARTS) is 1. The van der Waals surface area contributed by atoms with Crippen molar-refractivity contribution >= 4 is 28.5 Å². The highest BCUT2D eigenvalue weighted by molar-refractivity contribution is 6.31. The van der Waals surface area contributed by atoms with Gasteiger partial charge in [-0.2, -0.15) is 0 Å². The SMILES string of the molecule is Cn1cc(-c2cccc(Cl)c2F)c2ccc(C(=O)O)cc21. The third-order valence-electron chi connectivity index (χ3n) is 3.48. The van der Waals surface area contributed by atoms with E-state index in [1.54, 1.807) is 42.1 Å². The lowest BCUT2D eigenvalue weighted by Gasteiger charge is -2.03. The zero-order chi connectivity index (χ0) is 15.1. The average molecular weight is 304 g/mol. The van der Waals surface area contributed by atoms with Gasteiger partial charge in [-0.05, 0) is 18.2 Å². The van der Waals surface area contributed by atoms with Gasteiger partial charge < -0.3 is 9.67 Å². The van der Waals surface area contributed by atoms with Gasteiger partial charge in [0.2, 0.25) is 0 Å². The summed E-state index contributed by atoms with van der Waals surface area (Å²) in [7, 11) is 1.79. The maximum atomic E-state index is 14.2. The van der Waals surface area contributed by atoms with Crippen molar-refractivity contribution in [3.63, 3.8) is 0 Å². The lowest BCUT2D eigenvalue weighted by molar-refractivity contribution is 0.0697. The Morgan fingerprint density at radius 3 is 2.71 bits per heavy atom. The number of carboxylic acids is 1. The van der Waals surface area contributed by atoms with Crippen molar-refractivity contribution in [1.82, 2.24) is 4.57 Å². The number of hydrogen-bond acceptors (Lipinski definition) is 1. The summed E-state index contributed by atoms with van der Waals surface area (Å²) < 4.78 is 16.0. The van der Waals surface area contributed by atoms with Crippen LogP contribution in [-0.4, -0.2) is 15.6 Å². The van der Waals surface area contributed by atoms with Gasteiger partial charge in [0.05, 0.1) is 10.6 Å². The van der Waals surface area contributed by atoms with Gasteiger partial charge in [-0.1, -0.05) is 29.8 Å². The molecule has 106 valence electrons. The number of benzene rings is 2. The minimum absolute atomic E-state index is 0.0617. The van der Waals surface area contributed by atoms with Crippen molar-refractivity contribution in [1.29, 1.82) is 0 Å². The molecule has 0 saturated carbocycles. The molecule has 0 bridgehead atoms. The fourth-order valence-electron chi connectivity index (χ4n) is 2.44. The number of aromatic nitrogens is 1. The standard InChI is InChI=1S/C16H11ClFNO2/c1-19-8-12(11-3-2-4-13(17)15(11)18)10-6-5-9(16(20)21)7-14(10)19/h2-8H,1H3,(H,20,21). The minimum Gasteiger partial charge on any atom is -0.478 e. The highest BCUT2D eigenvalue weighted by Gasteiger charge is 2.15. The molecule has 3 nitrogen and oxygen atoms in total. The van der Waals surface area contributed by atoms with Gasteiger partial charge in [-0.25, -0.2) is 9.18 Å². The van der Waals surface area contributed by atoms with E-state index in [0.717, 1.165) is 10.9 Å². The molecule has 5 heteroatoms. The Bertz CT molecular complexity index is 870. The van der Waals surface area contributed by atoms with Gasteiger partial charge in [-0.3, -0.25) is 0 Å². The van der Waals surface area contributed by atoms with Crippen LogP contribution in [0.3, 0.4) is 0 Å². The van der Waals surface area contributed by atoms with Gasteiger partial charge in [-0.15, -0.1) is 0 Å². The molecular formula is C16H11ClFNO2. The third-order valence-corrected chi connectivity index (χ3v) is 3.77. The van der Waals surface area contributed by atoms with Gasteiger partial charge in [0.25, 0.3) is 0 Å². The van der Waals surface area contributed by atoms with Crippen LogP contribution < -0.4 is 0 Å². The quantitative estimate of drug-likeness (QED) is 0.765. The number of aromatic carboxylic acids is 1. The molecule has 0 unspecified atom stereocenters. The van der Waals surface area contributed by atoms with E-state index in [1.807, 2.05) is 0 Å². The van der Waals surface area contributed by atoms with Crippen molar-refractivity contribution in [3.8, 4) is 11.1 Å². The number of carbonyl (C=O) groups is 1. The molecular weight excluding hydrogens is 293 g/mol. The third kappa shape index (κ3) is 2.17. The van der Waals surface area contributed by atoms with Crippen molar-refractivity contribution in [2.75, 3.05) is 0 Å². The fraction of sp³-hybridized carbons (Fsp3) is 0.0625. The van der Waals surface area contributed by atoms with Crippen molar-refractivity contribution in [2.24, 2.45) is 7.05 Å². The first-order valence-corrected chi connectivity index (χ1v) is 6.63. The summed E-state index contributed by atoms with van der Waals surface area (Å²) in [6.45, 7) is 0. The van der Waals surface area contributed by atoms with E-state index in [0.29, 0.717) is 11.1 Å². The molecule has 0 spiro atoms. The molecule has 0 atom stereocenters. The normalized spacial score (nSPS) is 11.0. The Labute approximate surface area is 125 Å². The molecule has 2 aromatic carbocycles. The number of aryl methyl sites for hydroxylation is 1. The van der Waals surface area contributed by atoms with Crippen LogP contribution in [0, 0.1) is 5.82 Å². The molecule has 21 heavy (non-hydrogen) atoms. The number of hydrogen-bond donors (Lipinski definition) is 1. The largest absolute Gasteiger partial charge is 0.478 e. The number of rotatable bonds is 2. The molecule has 0 amide bonds. The van der Waals surface area contributed by atoms with Crippen molar-refractivity contribution in [3.05, 3.63) is 59.0 Å². The predicted molar refractivity (Wildman–Crippen MR) is 80.3 cm³/mol. The highest BCUT2D eigenvalue weighted by Crippen LogP contribution is 2.34. The Morgan fingerprint density at radius 1 is 1.24 bits per heavy atom. The smallest absolute Gasteiger partial charge is 0.335 e. The summed E-state index contributed by atoms with van der Waals surface area (Å²) in [5, 5.41) is 9.90. The molecule has 0 aliphatic rings. The molecule has 0 aliphatic heterocycles. The van der Waals surface area contributed by atoms with E-state index in [-0.39, 0.29) is 10.6 Å². The monoisotopic (exact) mass is 303 g/mol. The molecule has 0 saturated heterocycles. The first-order valence-electron chi connectivity index (χ1n) is 6.26. The van der Waals surface area contributed by atoms with Crippen molar-refractivity contribution < 1.29 is 14.3 Å². The highest BCUT2D eigenvalue weighted by atomic mass is 35.5. The first kappa shape index (κ1) is 13.6. The van der Waals surface area contributed by atoms with E-state index in [2.05, 4.69) is 0 Å². The molecule has 1 heterocycles. The van der Waals surface area contributed by atoms with Crippen LogP contribution in [-0.2, 0) is 7.05 Å². The molecule has 3 rings (SSSR count). The molecule has 1 N–H and O–H groups in total. The lowest BCUT2D eigenvalue weighted by atomic mass is 10.0. The number of nitrogens with zero attached hydrogens (tertiary/aromatic N) is 1. The second-order valence-electron chi connectivity index (χ2n) is 4.79. The van der Waals surface area contributed by atoms with E-state index in [4.69, 9.17) is 16.7 Å². The van der Waals surface area contributed by atoms with Crippen LogP contribution in [0.5, 0.6) is 0 Å². The van der Waals surface area contributed by atoms with E-state index >= 15 is 0 Å². The van der Waals surface area contributed by atoms with Crippen LogP contribution in [0.4, 0.5) is 4.39 Å². The maximum Gasteiger partial charge on any atom is 0.335 e. The number of halogens is 2. The Morgan fingerprint density at radius 2 is 2.00 bits per heavy atom. The summed E-state index contributed by atoms with van der Waals surface area (Å²) in [6, 6.07) is 9.61. The zero-order valence-electron chi connectivity index (χ0n) is 11.1. The van der Waals surface area contributed by atoms with Crippen LogP contribution in [0.2, 0.25) is 5.02 Å². The summed E-state index contributed by atoms with van der Waals surface area (Å²) >= 11 is 5.83. The van der Waals surface area contributed by atoms with Gasteiger partial charge >= 0.3 is 5.97 Å². The second-order valence-corrected chi connectivity index (χ2v) is 5.20. The van der Waals surface area contributed by atoms with Gasteiger partial charge in [0.1, 0.15) is 5.82 Å². The zero-order valence-corrected chi connectivity index (χ0v) is 11.9. The average Bonchev–Trinajstić information content (AvgIpc) is 2.78. The fourth-order valence-corrected chi connectivity index (χ4v) is 2.62. The Hall–Kier alpha value is -2.33. The summed E-state index contributed by atoms with van der Waals surface area (Å²) in [5.74, 6) is -1.47. The van der Waals surface area contributed by atoms with Crippen LogP contribution in [0.1, 0.15) is 10.4 Å². The molecule has 0 aliphatic carbocycles. The Balaban J connectivity index is 2.30. The molecule has 0 radical (unpaired) electrons. The molecule has 1 aromatic heterocycles. The Kier molecular flexibility index (Phi) is 3.18. The molecule has 3 aromatic rings. The minimum atomic E-state index is -0.992. The number of fused-ring (bicyclic) bond motifs is 1. The second kappa shape index (κ2) is 4.90.